The molecule has 8 heteroatoms. The highest BCUT2D eigenvalue weighted by atomic mass is 32.2. The van der Waals surface area contributed by atoms with Crippen molar-refractivity contribution in [2.24, 2.45) is 0 Å². The highest BCUT2D eigenvalue weighted by Crippen LogP contribution is 2.40. The Kier molecular flexibility index (Phi) is 4.74. The van der Waals surface area contributed by atoms with Gasteiger partial charge in [-0.25, -0.2) is 14.6 Å². The van der Waals surface area contributed by atoms with Gasteiger partial charge in [-0.05, 0) is 25.0 Å². The van der Waals surface area contributed by atoms with E-state index in [1.54, 1.807) is 6.20 Å². The molecule has 1 aliphatic heterocycles. The van der Waals surface area contributed by atoms with Crippen LogP contribution in [0.3, 0.4) is 0 Å². The number of carbonyl (C=O) groups is 1. The molecule has 0 atom stereocenters. The molecular weight excluding hydrogens is 374 g/mol. The number of rotatable bonds is 5. The highest BCUT2D eigenvalue weighted by molar-refractivity contribution is 8.00. The summed E-state index contributed by atoms with van der Waals surface area (Å²) in [5, 5.41) is 6.29. The number of hydrogen-bond donors (Lipinski definition) is 0. The Hall–Kier alpha value is -2.45. The van der Waals surface area contributed by atoms with E-state index >= 15 is 0 Å². The van der Waals surface area contributed by atoms with Gasteiger partial charge in [-0.3, -0.25) is 4.79 Å². The first kappa shape index (κ1) is 17.6. The van der Waals surface area contributed by atoms with E-state index in [9.17, 15) is 4.79 Å². The highest BCUT2D eigenvalue weighted by Gasteiger charge is 2.29. The number of benzene rings is 1. The molecule has 0 radical (unpaired) electrons. The summed E-state index contributed by atoms with van der Waals surface area (Å²) in [6.07, 6.45) is 4.06. The Morgan fingerprint density at radius 1 is 1.14 bits per heavy atom. The van der Waals surface area contributed by atoms with Gasteiger partial charge < -0.3 is 9.64 Å². The average Bonchev–Trinajstić information content (AvgIpc) is 3.52. The maximum atomic E-state index is 12.6. The molecule has 0 unspecified atom stereocenters. The van der Waals surface area contributed by atoms with Crippen molar-refractivity contribution >= 4 is 28.7 Å². The Balaban J connectivity index is 1.46. The molecular formula is C20H21N5O2S. The van der Waals surface area contributed by atoms with E-state index in [0.717, 1.165) is 40.4 Å². The number of amides is 1. The van der Waals surface area contributed by atoms with E-state index in [4.69, 9.17) is 14.7 Å². The zero-order valence-electron chi connectivity index (χ0n) is 15.5. The number of para-hydroxylation sites is 1. The van der Waals surface area contributed by atoms with Crippen LogP contribution in [0.4, 0.5) is 0 Å². The van der Waals surface area contributed by atoms with Crippen LogP contribution in [0.2, 0.25) is 0 Å². The normalized spacial score (nSPS) is 17.2. The van der Waals surface area contributed by atoms with E-state index in [0.29, 0.717) is 38.0 Å². The fourth-order valence-electron chi connectivity index (χ4n) is 3.32. The second-order valence-corrected chi connectivity index (χ2v) is 8.04. The minimum atomic E-state index is 0.128. The molecule has 1 amide bonds. The van der Waals surface area contributed by atoms with Crippen LogP contribution in [0.1, 0.15) is 24.6 Å². The third kappa shape index (κ3) is 3.49. The largest absolute Gasteiger partial charge is 0.378 e. The van der Waals surface area contributed by atoms with Crippen LogP contribution in [0.25, 0.3) is 16.7 Å². The second-order valence-electron chi connectivity index (χ2n) is 7.07. The first-order valence-corrected chi connectivity index (χ1v) is 10.6. The molecule has 7 nitrogen and oxygen atoms in total. The number of aromatic nitrogens is 4. The van der Waals surface area contributed by atoms with Crippen molar-refractivity contribution in [3.8, 4) is 5.69 Å². The molecule has 144 valence electrons. The lowest BCUT2D eigenvalue weighted by Gasteiger charge is -2.26. The molecule has 1 saturated heterocycles. The predicted molar refractivity (Wildman–Crippen MR) is 107 cm³/mol. The molecule has 0 spiro atoms. The van der Waals surface area contributed by atoms with Gasteiger partial charge in [-0.15, -0.1) is 0 Å². The number of hydrogen-bond acceptors (Lipinski definition) is 6. The molecule has 3 aromatic rings. The van der Waals surface area contributed by atoms with Gasteiger partial charge in [0, 0.05) is 19.0 Å². The van der Waals surface area contributed by atoms with Gasteiger partial charge in [0.2, 0.25) is 5.91 Å². The minimum absolute atomic E-state index is 0.128. The van der Waals surface area contributed by atoms with E-state index in [2.05, 4.69) is 5.10 Å². The van der Waals surface area contributed by atoms with Crippen LogP contribution >= 0.6 is 11.8 Å². The van der Waals surface area contributed by atoms with Gasteiger partial charge in [0.25, 0.3) is 0 Å². The Morgan fingerprint density at radius 3 is 2.68 bits per heavy atom. The summed E-state index contributed by atoms with van der Waals surface area (Å²) in [5.41, 5.74) is 1.78. The van der Waals surface area contributed by atoms with E-state index in [1.807, 2.05) is 39.9 Å². The number of ether oxygens (including phenoxy) is 1. The van der Waals surface area contributed by atoms with Gasteiger partial charge >= 0.3 is 0 Å². The third-order valence-electron chi connectivity index (χ3n) is 5.05. The molecule has 1 saturated carbocycles. The van der Waals surface area contributed by atoms with Crippen LogP contribution in [0, 0.1) is 0 Å². The summed E-state index contributed by atoms with van der Waals surface area (Å²) < 4.78 is 7.19. The topological polar surface area (TPSA) is 73.1 Å². The lowest BCUT2D eigenvalue weighted by molar-refractivity contribution is -0.132. The van der Waals surface area contributed by atoms with Crippen molar-refractivity contribution in [3.63, 3.8) is 0 Å². The zero-order chi connectivity index (χ0) is 18.9. The third-order valence-corrected chi connectivity index (χ3v) is 6.03. The Labute approximate surface area is 167 Å². The first-order valence-electron chi connectivity index (χ1n) is 9.59. The zero-order valence-corrected chi connectivity index (χ0v) is 16.3. The monoisotopic (exact) mass is 395 g/mol. The molecule has 1 aromatic carbocycles. The molecule has 2 aromatic heterocycles. The number of fused-ring (bicyclic) bond motifs is 1. The van der Waals surface area contributed by atoms with Crippen molar-refractivity contribution in [3.05, 3.63) is 42.4 Å². The number of nitrogens with zero attached hydrogens (tertiary/aromatic N) is 5. The van der Waals surface area contributed by atoms with Crippen LogP contribution < -0.4 is 0 Å². The van der Waals surface area contributed by atoms with Gasteiger partial charge in [0.05, 0.1) is 36.2 Å². The fourth-order valence-corrected chi connectivity index (χ4v) is 4.22. The molecule has 5 rings (SSSR count). The standard InChI is InChI=1S/C20H21N5O2S/c26-17(24-8-10-27-11-9-24)13-28-20-16-12-21-25(15-4-2-1-3-5-15)19(16)22-18(23-20)14-6-7-14/h1-5,12,14H,6-11,13H2. The average molecular weight is 395 g/mol. The molecule has 0 N–H and O–H groups in total. The molecule has 2 fully saturated rings. The van der Waals surface area contributed by atoms with Gasteiger partial charge in [0.1, 0.15) is 10.9 Å². The van der Waals surface area contributed by atoms with E-state index in [-0.39, 0.29) is 5.91 Å². The first-order chi connectivity index (χ1) is 13.8. The van der Waals surface area contributed by atoms with Crippen LogP contribution in [-0.2, 0) is 9.53 Å². The molecule has 2 aliphatic rings. The molecule has 28 heavy (non-hydrogen) atoms. The van der Waals surface area contributed by atoms with Crippen molar-refractivity contribution in [2.75, 3.05) is 32.1 Å². The smallest absolute Gasteiger partial charge is 0.233 e. The second kappa shape index (κ2) is 7.52. The van der Waals surface area contributed by atoms with Crippen LogP contribution in [0.5, 0.6) is 0 Å². The van der Waals surface area contributed by atoms with Gasteiger partial charge in [-0.2, -0.15) is 5.10 Å². The Bertz CT molecular complexity index is 997. The fraction of sp³-hybridized carbons (Fsp3) is 0.400. The van der Waals surface area contributed by atoms with Crippen molar-refractivity contribution in [2.45, 2.75) is 23.8 Å². The predicted octanol–water partition coefficient (Wildman–Crippen LogP) is 2.64. The van der Waals surface area contributed by atoms with E-state index < -0.39 is 0 Å². The molecule has 3 heterocycles. The lowest BCUT2D eigenvalue weighted by Crippen LogP contribution is -2.41. The maximum Gasteiger partial charge on any atom is 0.233 e. The summed E-state index contributed by atoms with van der Waals surface area (Å²) >= 11 is 1.48. The van der Waals surface area contributed by atoms with Gasteiger partial charge in [-0.1, -0.05) is 30.0 Å². The Morgan fingerprint density at radius 2 is 1.93 bits per heavy atom. The summed E-state index contributed by atoms with van der Waals surface area (Å²) in [4.78, 5) is 24.0. The quantitative estimate of drug-likeness (QED) is 0.488. The molecule has 0 bridgehead atoms. The van der Waals surface area contributed by atoms with Crippen molar-refractivity contribution < 1.29 is 9.53 Å². The molecule has 1 aliphatic carbocycles. The number of carbonyl (C=O) groups excluding carboxylic acids is 1. The number of morpholine rings is 1. The van der Waals surface area contributed by atoms with E-state index in [1.165, 1.54) is 11.8 Å². The van der Waals surface area contributed by atoms with Crippen molar-refractivity contribution in [1.82, 2.24) is 24.6 Å². The summed E-state index contributed by atoms with van der Waals surface area (Å²) in [6, 6.07) is 9.99. The lowest BCUT2D eigenvalue weighted by atomic mass is 10.3. The summed E-state index contributed by atoms with van der Waals surface area (Å²) in [6.45, 7) is 2.56. The maximum absolute atomic E-state index is 12.6. The van der Waals surface area contributed by atoms with Gasteiger partial charge in [0.15, 0.2) is 5.65 Å². The summed E-state index contributed by atoms with van der Waals surface area (Å²) in [7, 11) is 0. The SMILES string of the molecule is O=C(CSc1nc(C2CC2)nc2c1cnn2-c1ccccc1)N1CCOCC1. The van der Waals surface area contributed by atoms with Crippen molar-refractivity contribution in [1.29, 1.82) is 0 Å². The minimum Gasteiger partial charge on any atom is -0.378 e. The number of thioether (sulfide) groups is 1. The van der Waals surface area contributed by atoms with Crippen LogP contribution in [-0.4, -0.2) is 62.6 Å². The summed E-state index contributed by atoms with van der Waals surface area (Å²) in [5.74, 6) is 1.79. The van der Waals surface area contributed by atoms with Crippen LogP contribution in [0.15, 0.2) is 41.6 Å².